The predicted molar refractivity (Wildman–Crippen MR) is 77.6 cm³/mol. The van der Waals surface area contributed by atoms with E-state index in [1.54, 1.807) is 6.07 Å². The molecule has 4 heteroatoms. The molecule has 2 rings (SSSR count). The number of halogens is 1. The van der Waals surface area contributed by atoms with Crippen molar-refractivity contribution in [1.82, 2.24) is 4.90 Å². The summed E-state index contributed by atoms with van der Waals surface area (Å²) in [5.41, 5.74) is 1.32. The fraction of sp³-hybridized carbons (Fsp3) is 0.467. The second-order valence-corrected chi connectivity index (χ2v) is 5.81. The summed E-state index contributed by atoms with van der Waals surface area (Å²) < 4.78 is 14.0. The van der Waals surface area contributed by atoms with Gasteiger partial charge in [-0.25, -0.2) is 4.39 Å². The normalized spacial score (nSPS) is 19.8. The van der Waals surface area contributed by atoms with Crippen LogP contribution in [0.25, 0.3) is 0 Å². The average Bonchev–Trinajstić information content (AvgIpc) is 2.41. The number of benzene rings is 1. The van der Waals surface area contributed by atoms with E-state index in [2.05, 4.69) is 23.7 Å². The van der Waals surface area contributed by atoms with E-state index in [-0.39, 0.29) is 12.4 Å². The molecular formula is C15H18FNOS. The lowest BCUT2D eigenvalue weighted by molar-refractivity contribution is 0.221. The van der Waals surface area contributed by atoms with Gasteiger partial charge in [0.05, 0.1) is 0 Å². The lowest BCUT2D eigenvalue weighted by Gasteiger charge is -2.33. The van der Waals surface area contributed by atoms with Gasteiger partial charge in [0.15, 0.2) is 0 Å². The third-order valence-corrected chi connectivity index (χ3v) is 4.43. The van der Waals surface area contributed by atoms with Crippen molar-refractivity contribution < 1.29 is 9.50 Å². The van der Waals surface area contributed by atoms with Gasteiger partial charge in [-0.3, -0.25) is 4.90 Å². The SMILES string of the molecule is CC1CSCCN1Cc1ccc(C#CCO)cc1F. The molecule has 1 saturated heterocycles. The maximum atomic E-state index is 14.0. The topological polar surface area (TPSA) is 23.5 Å². The molecule has 0 amide bonds. The highest BCUT2D eigenvalue weighted by Gasteiger charge is 2.19. The van der Waals surface area contributed by atoms with Crippen molar-refractivity contribution in [2.24, 2.45) is 0 Å². The minimum Gasteiger partial charge on any atom is -0.384 e. The molecule has 1 heterocycles. The summed E-state index contributed by atoms with van der Waals surface area (Å²) in [6.07, 6.45) is 0. The maximum absolute atomic E-state index is 14.0. The Morgan fingerprint density at radius 1 is 1.53 bits per heavy atom. The molecule has 1 unspecified atom stereocenters. The second kappa shape index (κ2) is 6.95. The average molecular weight is 279 g/mol. The van der Waals surface area contributed by atoms with Gasteiger partial charge >= 0.3 is 0 Å². The van der Waals surface area contributed by atoms with Crippen molar-refractivity contribution >= 4 is 11.8 Å². The highest BCUT2D eigenvalue weighted by Crippen LogP contribution is 2.20. The van der Waals surface area contributed by atoms with Crippen molar-refractivity contribution in [3.63, 3.8) is 0 Å². The van der Waals surface area contributed by atoms with E-state index in [0.717, 1.165) is 18.1 Å². The number of aliphatic hydroxyl groups excluding tert-OH is 1. The molecule has 1 aliphatic heterocycles. The first-order chi connectivity index (χ1) is 9.20. The van der Waals surface area contributed by atoms with E-state index in [9.17, 15) is 4.39 Å². The van der Waals surface area contributed by atoms with Gasteiger partial charge in [0, 0.05) is 41.8 Å². The molecule has 1 N–H and O–H groups in total. The number of aliphatic hydroxyl groups is 1. The van der Waals surface area contributed by atoms with Crippen molar-refractivity contribution in [3.8, 4) is 11.8 Å². The predicted octanol–water partition coefficient (Wildman–Crippen LogP) is 2.11. The standard InChI is InChI=1S/C15H18FNOS/c1-12-11-19-8-6-17(12)10-14-5-4-13(3-2-7-18)9-15(14)16/h4-5,9,12,18H,6-8,10-11H2,1H3. The minimum atomic E-state index is -0.213. The Morgan fingerprint density at radius 3 is 3.05 bits per heavy atom. The number of thioether (sulfide) groups is 1. The van der Waals surface area contributed by atoms with Crippen LogP contribution in [0.2, 0.25) is 0 Å². The summed E-state index contributed by atoms with van der Waals surface area (Å²) >= 11 is 1.96. The molecular weight excluding hydrogens is 261 g/mol. The summed E-state index contributed by atoms with van der Waals surface area (Å²) in [4.78, 5) is 2.31. The Labute approximate surface area is 118 Å². The fourth-order valence-electron chi connectivity index (χ4n) is 2.11. The summed E-state index contributed by atoms with van der Waals surface area (Å²) in [7, 11) is 0. The zero-order chi connectivity index (χ0) is 13.7. The summed E-state index contributed by atoms with van der Waals surface area (Å²) in [5, 5.41) is 8.62. The fourth-order valence-corrected chi connectivity index (χ4v) is 3.19. The van der Waals surface area contributed by atoms with Crippen molar-refractivity contribution in [2.75, 3.05) is 24.7 Å². The van der Waals surface area contributed by atoms with Crippen LogP contribution in [-0.2, 0) is 6.54 Å². The van der Waals surface area contributed by atoms with Gasteiger partial charge in [0.25, 0.3) is 0 Å². The van der Waals surface area contributed by atoms with Gasteiger partial charge in [-0.15, -0.1) is 0 Å². The molecule has 0 bridgehead atoms. The quantitative estimate of drug-likeness (QED) is 0.839. The number of hydrogen-bond donors (Lipinski definition) is 1. The Kier molecular flexibility index (Phi) is 5.26. The van der Waals surface area contributed by atoms with Crippen molar-refractivity contribution in [1.29, 1.82) is 0 Å². The van der Waals surface area contributed by atoms with Crippen LogP contribution in [0, 0.1) is 17.7 Å². The summed E-state index contributed by atoms with van der Waals surface area (Å²) in [5.74, 6) is 7.26. The molecule has 1 atom stereocenters. The molecule has 1 aromatic carbocycles. The molecule has 1 fully saturated rings. The van der Waals surface area contributed by atoms with Crippen LogP contribution in [0.3, 0.4) is 0 Å². The smallest absolute Gasteiger partial charge is 0.128 e. The van der Waals surface area contributed by atoms with E-state index in [0.29, 0.717) is 23.7 Å². The highest BCUT2D eigenvalue weighted by atomic mass is 32.2. The van der Waals surface area contributed by atoms with Crippen LogP contribution < -0.4 is 0 Å². The van der Waals surface area contributed by atoms with Gasteiger partial charge in [-0.1, -0.05) is 17.9 Å². The van der Waals surface area contributed by atoms with Crippen LogP contribution in [0.1, 0.15) is 18.1 Å². The minimum absolute atomic E-state index is 0.202. The summed E-state index contributed by atoms with van der Waals surface area (Å²) in [6.45, 7) is 3.65. The zero-order valence-corrected chi connectivity index (χ0v) is 11.8. The third-order valence-electron chi connectivity index (χ3n) is 3.24. The van der Waals surface area contributed by atoms with E-state index in [1.165, 1.54) is 6.07 Å². The zero-order valence-electron chi connectivity index (χ0n) is 11.0. The first-order valence-corrected chi connectivity index (χ1v) is 7.56. The van der Waals surface area contributed by atoms with Gasteiger partial charge in [-0.2, -0.15) is 11.8 Å². The largest absolute Gasteiger partial charge is 0.384 e. The monoisotopic (exact) mass is 279 g/mol. The molecule has 0 aliphatic carbocycles. The first-order valence-electron chi connectivity index (χ1n) is 6.40. The molecule has 0 radical (unpaired) electrons. The Bertz CT molecular complexity index is 495. The Hall–Kier alpha value is -1.02. The highest BCUT2D eigenvalue weighted by molar-refractivity contribution is 7.99. The molecule has 0 saturated carbocycles. The molecule has 0 spiro atoms. The Morgan fingerprint density at radius 2 is 2.37 bits per heavy atom. The lowest BCUT2D eigenvalue weighted by atomic mass is 10.1. The molecule has 102 valence electrons. The van der Waals surface area contributed by atoms with E-state index in [4.69, 9.17) is 5.11 Å². The molecule has 19 heavy (non-hydrogen) atoms. The van der Waals surface area contributed by atoms with Crippen LogP contribution >= 0.6 is 11.8 Å². The van der Waals surface area contributed by atoms with Gasteiger partial charge < -0.3 is 5.11 Å². The summed E-state index contributed by atoms with van der Waals surface area (Å²) in [6, 6.07) is 5.55. The maximum Gasteiger partial charge on any atom is 0.128 e. The number of hydrogen-bond acceptors (Lipinski definition) is 3. The lowest BCUT2D eigenvalue weighted by Crippen LogP contribution is -2.39. The number of nitrogens with zero attached hydrogens (tertiary/aromatic N) is 1. The molecule has 1 aromatic rings. The van der Waals surface area contributed by atoms with Crippen LogP contribution in [0.5, 0.6) is 0 Å². The second-order valence-electron chi connectivity index (χ2n) is 4.66. The van der Waals surface area contributed by atoms with Crippen LogP contribution in [0.4, 0.5) is 4.39 Å². The molecule has 0 aromatic heterocycles. The van der Waals surface area contributed by atoms with Gasteiger partial charge in [0.2, 0.25) is 0 Å². The van der Waals surface area contributed by atoms with Crippen molar-refractivity contribution in [3.05, 3.63) is 35.1 Å². The van der Waals surface area contributed by atoms with E-state index in [1.807, 2.05) is 17.8 Å². The van der Waals surface area contributed by atoms with E-state index < -0.39 is 0 Å². The molecule has 1 aliphatic rings. The van der Waals surface area contributed by atoms with Gasteiger partial charge in [0.1, 0.15) is 12.4 Å². The Balaban J connectivity index is 2.08. The number of rotatable bonds is 2. The van der Waals surface area contributed by atoms with Crippen molar-refractivity contribution in [2.45, 2.75) is 19.5 Å². The third kappa shape index (κ3) is 3.97. The first kappa shape index (κ1) is 14.4. The van der Waals surface area contributed by atoms with Crippen LogP contribution in [0.15, 0.2) is 18.2 Å². The van der Waals surface area contributed by atoms with E-state index >= 15 is 0 Å². The molecule has 2 nitrogen and oxygen atoms in total. The van der Waals surface area contributed by atoms with Crippen LogP contribution in [-0.4, -0.2) is 40.7 Å². The van der Waals surface area contributed by atoms with Gasteiger partial charge in [-0.05, 0) is 19.1 Å².